The largest absolute Gasteiger partial charge is 0.354 e. The Kier molecular flexibility index (Phi) is 5.17. The number of imidazole rings is 1. The molecule has 2 aromatic carbocycles. The Bertz CT molecular complexity index is 1350. The normalized spacial score (nSPS) is 14.6. The lowest BCUT2D eigenvalue weighted by Crippen LogP contribution is -2.11. The number of nitrogens with zero attached hydrogens (tertiary/aromatic N) is 3. The van der Waals surface area contributed by atoms with Crippen LogP contribution in [0.3, 0.4) is 0 Å². The number of fused-ring (bicyclic) bond motifs is 2. The summed E-state index contributed by atoms with van der Waals surface area (Å²) < 4.78 is 1.93. The molecule has 0 spiro atoms. The number of benzene rings is 2. The van der Waals surface area contributed by atoms with Gasteiger partial charge in [0.05, 0.1) is 17.0 Å². The molecule has 32 heavy (non-hydrogen) atoms. The minimum Gasteiger partial charge on any atom is -0.354 e. The van der Waals surface area contributed by atoms with E-state index in [0.717, 1.165) is 34.7 Å². The molecule has 3 heterocycles. The highest BCUT2D eigenvalue weighted by Crippen LogP contribution is 2.38. The Hall–Kier alpha value is -3.61. The summed E-state index contributed by atoms with van der Waals surface area (Å²) in [5.41, 5.74) is 6.60. The molecular formula is C25H22ClN5O. The topological polar surface area (TPSA) is 61.7 Å². The van der Waals surface area contributed by atoms with Gasteiger partial charge >= 0.3 is 0 Å². The van der Waals surface area contributed by atoms with Crippen LogP contribution >= 0.6 is 11.6 Å². The summed E-state index contributed by atoms with van der Waals surface area (Å²) in [5, 5.41) is 7.01. The van der Waals surface area contributed by atoms with E-state index < -0.39 is 0 Å². The molecule has 5 rings (SSSR count). The van der Waals surface area contributed by atoms with Gasteiger partial charge in [-0.05, 0) is 56.1 Å². The maximum atomic E-state index is 13.1. The number of halogens is 1. The number of carbonyl (C=O) groups is 1. The molecule has 0 radical (unpaired) electrons. The van der Waals surface area contributed by atoms with Gasteiger partial charge in [0.15, 0.2) is 0 Å². The number of hydrogen-bond donors (Lipinski definition) is 2. The predicted molar refractivity (Wildman–Crippen MR) is 130 cm³/mol. The van der Waals surface area contributed by atoms with Crippen molar-refractivity contribution in [2.24, 2.45) is 0 Å². The predicted octanol–water partition coefficient (Wildman–Crippen LogP) is 4.98. The minimum absolute atomic E-state index is 0.169. The van der Waals surface area contributed by atoms with Gasteiger partial charge in [-0.2, -0.15) is 0 Å². The average molecular weight is 444 g/mol. The van der Waals surface area contributed by atoms with Crippen LogP contribution < -0.4 is 10.6 Å². The number of aromatic nitrogens is 2. The third-order valence-electron chi connectivity index (χ3n) is 5.38. The molecule has 0 fully saturated rings. The smallest absolute Gasteiger partial charge is 0.258 e. The van der Waals surface area contributed by atoms with Crippen molar-refractivity contribution >= 4 is 45.8 Å². The molecule has 1 amide bonds. The van der Waals surface area contributed by atoms with Crippen LogP contribution in [-0.4, -0.2) is 34.3 Å². The Labute approximate surface area is 191 Å². The van der Waals surface area contributed by atoms with Crippen LogP contribution in [0.1, 0.15) is 16.7 Å². The molecule has 6 nitrogen and oxygen atoms in total. The summed E-state index contributed by atoms with van der Waals surface area (Å²) >= 11 is 6.15. The molecule has 2 N–H and O–H groups in total. The maximum absolute atomic E-state index is 13.1. The number of amides is 1. The van der Waals surface area contributed by atoms with Crippen molar-refractivity contribution in [2.45, 2.75) is 6.54 Å². The zero-order valence-electron chi connectivity index (χ0n) is 17.8. The fraction of sp³-hybridized carbons (Fsp3) is 0.120. The highest BCUT2D eigenvalue weighted by molar-refractivity contribution is 6.38. The van der Waals surface area contributed by atoms with Gasteiger partial charge in [0.2, 0.25) is 0 Å². The first-order chi connectivity index (χ1) is 15.5. The van der Waals surface area contributed by atoms with Gasteiger partial charge in [0, 0.05) is 47.0 Å². The Morgan fingerprint density at radius 1 is 1.09 bits per heavy atom. The van der Waals surface area contributed by atoms with Crippen molar-refractivity contribution < 1.29 is 4.79 Å². The Morgan fingerprint density at radius 2 is 1.91 bits per heavy atom. The summed E-state index contributed by atoms with van der Waals surface area (Å²) in [4.78, 5) is 19.6. The third kappa shape index (κ3) is 3.86. The van der Waals surface area contributed by atoms with Gasteiger partial charge in [-0.15, -0.1) is 0 Å². The Balaban J connectivity index is 1.63. The third-order valence-corrected chi connectivity index (χ3v) is 5.62. The van der Waals surface area contributed by atoms with E-state index in [0.29, 0.717) is 16.3 Å². The fourth-order valence-corrected chi connectivity index (χ4v) is 4.11. The number of carbonyl (C=O) groups excluding carboxylic acids is 1. The highest BCUT2D eigenvalue weighted by Gasteiger charge is 2.28. The van der Waals surface area contributed by atoms with Crippen molar-refractivity contribution in [3.63, 3.8) is 0 Å². The van der Waals surface area contributed by atoms with Crippen molar-refractivity contribution in [3.8, 4) is 0 Å². The lowest BCUT2D eigenvalue weighted by molar-refractivity contribution is -0.110. The molecule has 0 unspecified atom stereocenters. The van der Waals surface area contributed by atoms with Crippen LogP contribution in [0.5, 0.6) is 0 Å². The second-order valence-electron chi connectivity index (χ2n) is 8.06. The molecule has 7 heteroatoms. The van der Waals surface area contributed by atoms with Gasteiger partial charge in [-0.3, -0.25) is 4.79 Å². The zero-order valence-corrected chi connectivity index (χ0v) is 18.5. The Morgan fingerprint density at radius 3 is 2.69 bits per heavy atom. The van der Waals surface area contributed by atoms with E-state index in [-0.39, 0.29) is 5.91 Å². The van der Waals surface area contributed by atoms with E-state index in [4.69, 9.17) is 11.6 Å². The maximum Gasteiger partial charge on any atom is 0.258 e. The van der Waals surface area contributed by atoms with Crippen molar-refractivity contribution in [3.05, 3.63) is 94.9 Å². The van der Waals surface area contributed by atoms with Gasteiger partial charge in [-0.1, -0.05) is 29.8 Å². The summed E-state index contributed by atoms with van der Waals surface area (Å²) in [6.07, 6.45) is 5.58. The van der Waals surface area contributed by atoms with E-state index >= 15 is 0 Å². The summed E-state index contributed by atoms with van der Waals surface area (Å²) in [5.74, 6) is -0.169. The van der Waals surface area contributed by atoms with E-state index in [1.807, 2.05) is 61.2 Å². The molecule has 0 aliphatic carbocycles. The van der Waals surface area contributed by atoms with Gasteiger partial charge in [0.25, 0.3) is 5.91 Å². The second kappa shape index (κ2) is 8.15. The van der Waals surface area contributed by atoms with Crippen LogP contribution in [0.2, 0.25) is 5.02 Å². The van der Waals surface area contributed by atoms with Crippen molar-refractivity contribution in [1.82, 2.24) is 14.3 Å². The molecule has 1 aliphatic heterocycles. The molecule has 2 aromatic heterocycles. The van der Waals surface area contributed by atoms with Crippen LogP contribution in [-0.2, 0) is 11.3 Å². The molecule has 0 saturated carbocycles. The van der Waals surface area contributed by atoms with Gasteiger partial charge in [0.1, 0.15) is 5.65 Å². The second-order valence-corrected chi connectivity index (χ2v) is 8.50. The molecule has 0 bridgehead atoms. The van der Waals surface area contributed by atoms with E-state index in [1.54, 1.807) is 18.3 Å². The van der Waals surface area contributed by atoms with Crippen molar-refractivity contribution in [2.75, 3.05) is 24.7 Å². The summed E-state index contributed by atoms with van der Waals surface area (Å²) in [6, 6.07) is 17.6. The van der Waals surface area contributed by atoms with Gasteiger partial charge < -0.3 is 19.9 Å². The standard InChI is InChI=1S/C25H22ClN5O/c1-30(2)15-16-3-6-19(7-4-16)28-24(17-9-11-31-12-10-27-22(31)13-17)23-20-8-5-18(26)14-21(20)29-25(23)32/h3-14,28H,15H2,1-2H3,(H,29,32)/b24-23-. The van der Waals surface area contributed by atoms with Gasteiger partial charge in [-0.25, -0.2) is 4.98 Å². The lowest BCUT2D eigenvalue weighted by Gasteiger charge is -2.16. The molecule has 1 aliphatic rings. The highest BCUT2D eigenvalue weighted by atomic mass is 35.5. The lowest BCUT2D eigenvalue weighted by atomic mass is 10.0. The SMILES string of the molecule is CN(C)Cc1ccc(N/C(=C2\C(=O)Nc3cc(Cl)ccc32)c2ccn3ccnc3c2)cc1. The van der Waals surface area contributed by atoms with Crippen molar-refractivity contribution in [1.29, 1.82) is 0 Å². The van der Waals surface area contributed by atoms with E-state index in [2.05, 4.69) is 32.7 Å². The first-order valence-electron chi connectivity index (χ1n) is 10.3. The first-order valence-corrected chi connectivity index (χ1v) is 10.6. The van der Waals surface area contributed by atoms with E-state index in [1.165, 1.54) is 5.56 Å². The molecule has 160 valence electrons. The minimum atomic E-state index is -0.169. The summed E-state index contributed by atoms with van der Waals surface area (Å²) in [7, 11) is 4.09. The number of rotatable bonds is 5. The van der Waals surface area contributed by atoms with Crippen LogP contribution in [0, 0.1) is 0 Å². The first kappa shape index (κ1) is 20.3. The quantitative estimate of drug-likeness (QED) is 0.427. The van der Waals surface area contributed by atoms with Crippen LogP contribution in [0.25, 0.3) is 16.9 Å². The zero-order chi connectivity index (χ0) is 22.2. The molecule has 0 saturated heterocycles. The average Bonchev–Trinajstić information content (AvgIpc) is 3.35. The number of nitrogens with one attached hydrogen (secondary N) is 2. The molecule has 0 atom stereocenters. The molecule has 4 aromatic rings. The number of pyridine rings is 1. The fourth-order valence-electron chi connectivity index (χ4n) is 3.94. The van der Waals surface area contributed by atoms with Crippen LogP contribution in [0.15, 0.2) is 73.2 Å². The van der Waals surface area contributed by atoms with Crippen LogP contribution in [0.4, 0.5) is 11.4 Å². The van der Waals surface area contributed by atoms with E-state index in [9.17, 15) is 4.79 Å². The monoisotopic (exact) mass is 443 g/mol. The molecular weight excluding hydrogens is 422 g/mol. The summed E-state index contributed by atoms with van der Waals surface area (Å²) in [6.45, 7) is 0.862. The number of hydrogen-bond acceptors (Lipinski definition) is 4. The number of anilines is 2.